The first-order valence-corrected chi connectivity index (χ1v) is 16.2. The van der Waals surface area contributed by atoms with E-state index in [4.69, 9.17) is 9.16 Å². The topological polar surface area (TPSA) is 76.7 Å². The van der Waals surface area contributed by atoms with Crippen molar-refractivity contribution in [2.45, 2.75) is 44.9 Å². The second kappa shape index (κ2) is 14.6. The molecule has 0 aliphatic carbocycles. The number of hydrogen-bond acceptors (Lipinski definition) is 4. The van der Waals surface area contributed by atoms with Crippen LogP contribution in [-0.2, 0) is 27.0 Å². The molecule has 0 radical (unpaired) electrons. The Kier molecular flexibility index (Phi) is 10.7. The van der Waals surface area contributed by atoms with Crippen LogP contribution in [0.15, 0.2) is 121 Å². The van der Waals surface area contributed by atoms with Crippen LogP contribution >= 0.6 is 0 Å². The molecule has 4 rings (SSSR count). The van der Waals surface area contributed by atoms with Crippen LogP contribution in [0.25, 0.3) is 0 Å². The summed E-state index contributed by atoms with van der Waals surface area (Å²) in [5.41, 5.74) is 1.81. The molecule has 0 aliphatic rings. The molecule has 2 N–H and O–H groups in total. The average molecular weight is 581 g/mol. The first-order chi connectivity index (χ1) is 20.3. The van der Waals surface area contributed by atoms with Gasteiger partial charge in [0.05, 0.1) is 6.61 Å². The Morgan fingerprint density at radius 3 is 1.69 bits per heavy atom. The van der Waals surface area contributed by atoms with Gasteiger partial charge in [-0.2, -0.15) is 0 Å². The molecule has 0 saturated heterocycles. The van der Waals surface area contributed by atoms with Gasteiger partial charge in [0.25, 0.3) is 8.32 Å². The van der Waals surface area contributed by atoms with Crippen molar-refractivity contribution in [1.29, 1.82) is 0 Å². The zero-order valence-electron chi connectivity index (χ0n) is 24.6. The molecule has 0 aromatic heterocycles. The van der Waals surface area contributed by atoms with E-state index in [-0.39, 0.29) is 17.6 Å². The van der Waals surface area contributed by atoms with Crippen molar-refractivity contribution in [3.05, 3.63) is 132 Å². The zero-order valence-corrected chi connectivity index (χ0v) is 25.6. The van der Waals surface area contributed by atoms with Crippen LogP contribution in [0.2, 0.25) is 5.04 Å². The maximum atomic E-state index is 13.4. The van der Waals surface area contributed by atoms with Gasteiger partial charge in [-0.3, -0.25) is 4.79 Å². The number of ether oxygens (including phenoxy) is 1. The number of rotatable bonds is 12. The lowest BCUT2D eigenvalue weighted by Crippen LogP contribution is -2.67. The van der Waals surface area contributed by atoms with Gasteiger partial charge in [-0.05, 0) is 26.5 Å². The molecule has 4 aromatic rings. The lowest BCUT2D eigenvalue weighted by atomic mass is 10.1. The predicted molar refractivity (Wildman–Crippen MR) is 170 cm³/mol. The van der Waals surface area contributed by atoms with Gasteiger partial charge >= 0.3 is 6.09 Å². The van der Waals surface area contributed by atoms with Crippen molar-refractivity contribution < 1.29 is 18.8 Å². The zero-order chi connectivity index (χ0) is 29.8. The highest BCUT2D eigenvalue weighted by molar-refractivity contribution is 6.99. The van der Waals surface area contributed by atoms with Crippen LogP contribution in [0.5, 0.6) is 0 Å². The molecule has 4 aromatic carbocycles. The first-order valence-electron chi connectivity index (χ1n) is 14.3. The van der Waals surface area contributed by atoms with E-state index in [2.05, 4.69) is 55.7 Å². The standard InChI is InChI=1S/C35H40N2O4Si/c1-35(2,3)42(30-20-12-6-13-21-30,31-22-14-7-15-23-31)41-25-24-36-33(38)32(26-28-16-8-4-9-17-28)37-34(39)40-27-29-18-10-5-11-19-29/h4-23,32H,24-27H2,1-3H3,(H,36,38)(H,37,39)/t32-/m0/s1. The first kappa shape index (κ1) is 30.7. The van der Waals surface area contributed by atoms with Crippen LogP contribution in [0.1, 0.15) is 31.9 Å². The summed E-state index contributed by atoms with van der Waals surface area (Å²) in [7, 11) is -2.72. The Labute approximate surface area is 250 Å². The summed E-state index contributed by atoms with van der Waals surface area (Å²) in [6, 6.07) is 39.0. The van der Waals surface area contributed by atoms with Crippen molar-refractivity contribution in [3.63, 3.8) is 0 Å². The third-order valence-electron chi connectivity index (χ3n) is 7.24. The van der Waals surface area contributed by atoms with E-state index in [1.54, 1.807) is 0 Å². The molecule has 0 fully saturated rings. The van der Waals surface area contributed by atoms with Crippen LogP contribution in [0, 0.1) is 0 Å². The third kappa shape index (κ3) is 7.96. The van der Waals surface area contributed by atoms with E-state index in [1.165, 1.54) is 10.4 Å². The molecular weight excluding hydrogens is 540 g/mol. The molecule has 6 nitrogen and oxygen atoms in total. The van der Waals surface area contributed by atoms with Crippen molar-refractivity contribution in [2.75, 3.05) is 13.2 Å². The Bertz CT molecular complexity index is 1360. The fourth-order valence-electron chi connectivity index (χ4n) is 5.23. The maximum absolute atomic E-state index is 13.4. The van der Waals surface area contributed by atoms with E-state index in [0.717, 1.165) is 11.1 Å². The number of carbonyl (C=O) groups is 2. The Balaban J connectivity index is 1.45. The van der Waals surface area contributed by atoms with Gasteiger partial charge in [0.15, 0.2) is 0 Å². The van der Waals surface area contributed by atoms with Gasteiger partial charge < -0.3 is 19.8 Å². The summed E-state index contributed by atoms with van der Waals surface area (Å²) in [6.07, 6.45) is -0.304. The maximum Gasteiger partial charge on any atom is 0.408 e. The van der Waals surface area contributed by atoms with Gasteiger partial charge in [0.2, 0.25) is 5.91 Å². The third-order valence-corrected chi connectivity index (χ3v) is 12.3. The minimum absolute atomic E-state index is 0.124. The number of amides is 2. The summed E-state index contributed by atoms with van der Waals surface area (Å²) in [5, 5.41) is 7.95. The highest BCUT2D eigenvalue weighted by Gasteiger charge is 2.50. The number of nitrogens with one attached hydrogen (secondary N) is 2. The Morgan fingerprint density at radius 1 is 0.714 bits per heavy atom. The fraction of sp³-hybridized carbons (Fsp3) is 0.257. The quantitative estimate of drug-likeness (QED) is 0.178. The molecule has 0 heterocycles. The summed E-state index contributed by atoms with van der Waals surface area (Å²) in [5.74, 6) is -0.290. The number of hydrogen-bond donors (Lipinski definition) is 2. The van der Waals surface area contributed by atoms with Crippen LogP contribution < -0.4 is 21.0 Å². The molecular formula is C35H40N2O4Si. The van der Waals surface area contributed by atoms with E-state index >= 15 is 0 Å². The molecule has 0 bridgehead atoms. The second-order valence-corrected chi connectivity index (χ2v) is 15.6. The normalized spacial score (nSPS) is 12.3. The van der Waals surface area contributed by atoms with Gasteiger partial charge in [0.1, 0.15) is 12.6 Å². The molecule has 2 amide bonds. The van der Waals surface area contributed by atoms with E-state index in [0.29, 0.717) is 19.6 Å². The van der Waals surface area contributed by atoms with E-state index in [1.807, 2.05) is 97.1 Å². The van der Waals surface area contributed by atoms with Gasteiger partial charge in [0, 0.05) is 13.0 Å². The van der Waals surface area contributed by atoms with E-state index in [9.17, 15) is 9.59 Å². The van der Waals surface area contributed by atoms with Crippen LogP contribution in [0.4, 0.5) is 4.79 Å². The van der Waals surface area contributed by atoms with Crippen molar-refractivity contribution in [2.24, 2.45) is 0 Å². The number of alkyl carbamates (subject to hydrolysis) is 1. The van der Waals surface area contributed by atoms with Crippen molar-refractivity contribution in [1.82, 2.24) is 10.6 Å². The number of benzene rings is 4. The van der Waals surface area contributed by atoms with Gasteiger partial charge in [-0.15, -0.1) is 0 Å². The highest BCUT2D eigenvalue weighted by Crippen LogP contribution is 2.36. The Hall–Kier alpha value is -4.20. The minimum Gasteiger partial charge on any atom is -0.445 e. The van der Waals surface area contributed by atoms with Crippen molar-refractivity contribution >= 4 is 30.7 Å². The molecule has 0 spiro atoms. The van der Waals surface area contributed by atoms with Crippen molar-refractivity contribution in [3.8, 4) is 0 Å². The molecule has 0 saturated carbocycles. The summed E-state index contributed by atoms with van der Waals surface area (Å²) in [4.78, 5) is 26.1. The average Bonchev–Trinajstić information content (AvgIpc) is 3.01. The SMILES string of the molecule is CC(C)(C)[Si](OCCNC(=O)[C@H](Cc1ccccc1)NC(=O)OCc1ccccc1)(c1ccccc1)c1ccccc1. The van der Waals surface area contributed by atoms with Crippen LogP contribution in [-0.4, -0.2) is 39.5 Å². The molecule has 1 atom stereocenters. The molecule has 42 heavy (non-hydrogen) atoms. The predicted octanol–water partition coefficient (Wildman–Crippen LogP) is 5.22. The monoisotopic (exact) mass is 580 g/mol. The number of carbonyl (C=O) groups excluding carboxylic acids is 2. The van der Waals surface area contributed by atoms with Crippen LogP contribution in [0.3, 0.4) is 0 Å². The lowest BCUT2D eigenvalue weighted by Gasteiger charge is -2.43. The summed E-state index contributed by atoms with van der Waals surface area (Å²) < 4.78 is 12.3. The molecule has 0 unspecified atom stereocenters. The minimum atomic E-state index is -2.72. The lowest BCUT2D eigenvalue weighted by molar-refractivity contribution is -0.123. The molecule has 218 valence electrons. The summed E-state index contributed by atoms with van der Waals surface area (Å²) in [6.45, 7) is 7.42. The van der Waals surface area contributed by atoms with Gasteiger partial charge in [-0.1, -0.05) is 142 Å². The molecule has 7 heteroatoms. The smallest absolute Gasteiger partial charge is 0.408 e. The highest BCUT2D eigenvalue weighted by atomic mass is 28.4. The summed E-state index contributed by atoms with van der Waals surface area (Å²) >= 11 is 0. The second-order valence-electron chi connectivity index (χ2n) is 11.3. The fourth-order valence-corrected chi connectivity index (χ4v) is 9.79. The molecule has 0 aliphatic heterocycles. The largest absolute Gasteiger partial charge is 0.445 e. The van der Waals surface area contributed by atoms with Gasteiger partial charge in [-0.25, -0.2) is 4.79 Å². The van der Waals surface area contributed by atoms with E-state index < -0.39 is 20.5 Å². The Morgan fingerprint density at radius 2 is 1.19 bits per heavy atom.